The highest BCUT2D eigenvalue weighted by atomic mass is 19.1. The number of benzene rings is 1. The van der Waals surface area contributed by atoms with E-state index >= 15 is 0 Å². The molecule has 0 amide bonds. The highest BCUT2D eigenvalue weighted by Crippen LogP contribution is 2.36. The summed E-state index contributed by atoms with van der Waals surface area (Å²) < 4.78 is 14.1. The molecular formula is C17H28FN3. The van der Waals surface area contributed by atoms with E-state index in [1.165, 1.54) is 6.07 Å². The van der Waals surface area contributed by atoms with Gasteiger partial charge in [0.25, 0.3) is 0 Å². The van der Waals surface area contributed by atoms with Crippen LogP contribution in [0.5, 0.6) is 0 Å². The van der Waals surface area contributed by atoms with Crippen LogP contribution in [0.3, 0.4) is 0 Å². The van der Waals surface area contributed by atoms with Crippen LogP contribution in [0.4, 0.5) is 4.39 Å². The Hall–Kier alpha value is -0.970. The second-order valence-corrected chi connectivity index (χ2v) is 6.52. The van der Waals surface area contributed by atoms with E-state index in [4.69, 9.17) is 5.73 Å². The second-order valence-electron chi connectivity index (χ2n) is 6.52. The summed E-state index contributed by atoms with van der Waals surface area (Å²) in [5, 5.41) is 0. The third-order valence-corrected chi connectivity index (χ3v) is 5.42. The minimum absolute atomic E-state index is 0.0188. The maximum atomic E-state index is 14.1. The predicted molar refractivity (Wildman–Crippen MR) is 85.7 cm³/mol. The smallest absolute Gasteiger partial charge is 0.127 e. The van der Waals surface area contributed by atoms with Gasteiger partial charge in [0.05, 0.1) is 0 Å². The molecule has 0 aromatic heterocycles. The Balaban J connectivity index is 2.24. The van der Waals surface area contributed by atoms with Gasteiger partial charge in [-0.15, -0.1) is 0 Å². The second kappa shape index (κ2) is 6.42. The molecule has 118 valence electrons. The first-order valence-corrected chi connectivity index (χ1v) is 7.79. The van der Waals surface area contributed by atoms with Crippen molar-refractivity contribution in [2.75, 3.05) is 27.2 Å². The fraction of sp³-hybridized carbons (Fsp3) is 0.647. The Morgan fingerprint density at radius 2 is 2.14 bits per heavy atom. The molecule has 2 N–H and O–H groups in total. The molecule has 1 aliphatic heterocycles. The van der Waals surface area contributed by atoms with Crippen molar-refractivity contribution in [2.24, 2.45) is 5.73 Å². The van der Waals surface area contributed by atoms with Crippen LogP contribution < -0.4 is 5.73 Å². The van der Waals surface area contributed by atoms with E-state index in [1.807, 2.05) is 12.1 Å². The zero-order valence-corrected chi connectivity index (χ0v) is 13.6. The van der Waals surface area contributed by atoms with E-state index in [0.29, 0.717) is 12.6 Å². The van der Waals surface area contributed by atoms with E-state index in [2.05, 4.69) is 37.7 Å². The third-order valence-electron chi connectivity index (χ3n) is 5.42. The fourth-order valence-electron chi connectivity index (χ4n) is 3.50. The molecule has 1 aromatic rings. The topological polar surface area (TPSA) is 32.5 Å². The van der Waals surface area contributed by atoms with Crippen molar-refractivity contribution >= 4 is 0 Å². The zero-order chi connectivity index (χ0) is 15.6. The van der Waals surface area contributed by atoms with Crippen molar-refractivity contribution in [3.05, 3.63) is 35.6 Å². The molecule has 2 rings (SSSR count). The van der Waals surface area contributed by atoms with Crippen molar-refractivity contribution in [1.82, 2.24) is 9.80 Å². The van der Waals surface area contributed by atoms with E-state index in [9.17, 15) is 4.39 Å². The van der Waals surface area contributed by atoms with Crippen LogP contribution in [-0.4, -0.2) is 48.6 Å². The summed E-state index contributed by atoms with van der Waals surface area (Å²) in [7, 11) is 4.24. The van der Waals surface area contributed by atoms with Crippen molar-refractivity contribution in [2.45, 2.75) is 44.3 Å². The number of likely N-dealkylation sites (N-methyl/N-ethyl adjacent to an activating group) is 1. The Kier molecular flexibility index (Phi) is 5.02. The molecule has 1 heterocycles. The normalized spacial score (nSPS) is 28.8. The lowest BCUT2D eigenvalue weighted by atomic mass is 9.81. The molecule has 1 aliphatic rings. The highest BCUT2D eigenvalue weighted by molar-refractivity contribution is 5.21. The van der Waals surface area contributed by atoms with Crippen molar-refractivity contribution in [3.63, 3.8) is 0 Å². The molecular weight excluding hydrogens is 265 g/mol. The monoisotopic (exact) mass is 293 g/mol. The van der Waals surface area contributed by atoms with E-state index in [0.717, 1.165) is 24.9 Å². The summed E-state index contributed by atoms with van der Waals surface area (Å²) in [6.45, 7) is 5.96. The quantitative estimate of drug-likeness (QED) is 0.926. The number of rotatable bonds is 4. The Labute approximate surface area is 127 Å². The first kappa shape index (κ1) is 16.4. The molecule has 21 heavy (non-hydrogen) atoms. The maximum Gasteiger partial charge on any atom is 0.127 e. The first-order chi connectivity index (χ1) is 9.91. The minimum atomic E-state index is -0.134. The molecule has 0 bridgehead atoms. The van der Waals surface area contributed by atoms with E-state index < -0.39 is 0 Å². The molecule has 0 spiro atoms. The average molecular weight is 293 g/mol. The lowest BCUT2D eigenvalue weighted by Gasteiger charge is -2.51. The Bertz CT molecular complexity index is 479. The highest BCUT2D eigenvalue weighted by Gasteiger charge is 2.41. The molecule has 3 atom stereocenters. The number of hydrogen-bond acceptors (Lipinski definition) is 3. The molecule has 4 heteroatoms. The lowest BCUT2D eigenvalue weighted by molar-refractivity contribution is 0.00405. The largest absolute Gasteiger partial charge is 0.329 e. The summed E-state index contributed by atoms with van der Waals surface area (Å²) in [6, 6.07) is 7.56. The van der Waals surface area contributed by atoms with Crippen LogP contribution in [0.15, 0.2) is 24.3 Å². The van der Waals surface area contributed by atoms with Crippen LogP contribution in [0.2, 0.25) is 0 Å². The summed E-state index contributed by atoms with van der Waals surface area (Å²) in [6.07, 6.45) is 2.05. The van der Waals surface area contributed by atoms with Gasteiger partial charge in [-0.25, -0.2) is 4.39 Å². The van der Waals surface area contributed by atoms with Gasteiger partial charge < -0.3 is 10.6 Å². The van der Waals surface area contributed by atoms with Crippen LogP contribution in [0.25, 0.3) is 0 Å². The maximum absolute atomic E-state index is 14.1. The van der Waals surface area contributed by atoms with Gasteiger partial charge in [0.15, 0.2) is 0 Å². The number of likely N-dealkylation sites (tertiary alicyclic amines) is 1. The summed E-state index contributed by atoms with van der Waals surface area (Å²) in [4.78, 5) is 4.66. The van der Waals surface area contributed by atoms with Crippen LogP contribution in [0, 0.1) is 5.82 Å². The molecule has 3 unspecified atom stereocenters. The average Bonchev–Trinajstić information content (AvgIpc) is 2.49. The predicted octanol–water partition coefficient (Wildman–Crippen LogP) is 2.63. The number of halogens is 1. The van der Waals surface area contributed by atoms with Gasteiger partial charge in [0, 0.05) is 29.7 Å². The molecule has 1 saturated heterocycles. The fourth-order valence-corrected chi connectivity index (χ4v) is 3.50. The molecule has 1 fully saturated rings. The minimum Gasteiger partial charge on any atom is -0.329 e. The van der Waals surface area contributed by atoms with Gasteiger partial charge in [0.1, 0.15) is 5.82 Å². The zero-order valence-electron chi connectivity index (χ0n) is 13.6. The third kappa shape index (κ3) is 3.12. The van der Waals surface area contributed by atoms with Crippen molar-refractivity contribution in [1.29, 1.82) is 0 Å². The number of piperidine rings is 1. The summed E-state index contributed by atoms with van der Waals surface area (Å²) in [5.41, 5.74) is 6.85. The summed E-state index contributed by atoms with van der Waals surface area (Å²) in [5.74, 6) is -0.134. The van der Waals surface area contributed by atoms with Crippen LogP contribution >= 0.6 is 0 Å². The van der Waals surface area contributed by atoms with Gasteiger partial charge in [0.2, 0.25) is 0 Å². The Morgan fingerprint density at radius 1 is 1.48 bits per heavy atom. The summed E-state index contributed by atoms with van der Waals surface area (Å²) >= 11 is 0. The van der Waals surface area contributed by atoms with Gasteiger partial charge in [-0.3, -0.25) is 4.90 Å². The van der Waals surface area contributed by atoms with Gasteiger partial charge in [-0.05, 0) is 53.4 Å². The molecule has 0 radical (unpaired) electrons. The molecule has 0 saturated carbocycles. The van der Waals surface area contributed by atoms with Gasteiger partial charge >= 0.3 is 0 Å². The number of hydrogen-bond donors (Lipinski definition) is 1. The van der Waals surface area contributed by atoms with Crippen molar-refractivity contribution in [3.8, 4) is 0 Å². The molecule has 1 aromatic carbocycles. The molecule has 0 aliphatic carbocycles. The standard InChI is InChI=1S/C17H28FN3/c1-13-11-17(12-19,9-10-20(13)3)21(4)14(2)15-7-5-6-8-16(15)18/h5-8,13-14H,9-12,19H2,1-4H3. The lowest BCUT2D eigenvalue weighted by Crippen LogP contribution is -2.60. The van der Waals surface area contributed by atoms with Crippen molar-refractivity contribution < 1.29 is 4.39 Å². The SMILES string of the molecule is CC1CC(CN)(N(C)C(C)c2ccccc2F)CCN1C. The first-order valence-electron chi connectivity index (χ1n) is 7.79. The Morgan fingerprint density at radius 3 is 2.71 bits per heavy atom. The van der Waals surface area contributed by atoms with E-state index in [1.54, 1.807) is 6.07 Å². The molecule has 3 nitrogen and oxygen atoms in total. The van der Waals surface area contributed by atoms with E-state index in [-0.39, 0.29) is 17.4 Å². The van der Waals surface area contributed by atoms with Crippen LogP contribution in [0.1, 0.15) is 38.3 Å². The number of nitrogens with zero attached hydrogens (tertiary/aromatic N) is 2. The van der Waals surface area contributed by atoms with Gasteiger partial charge in [-0.2, -0.15) is 0 Å². The van der Waals surface area contributed by atoms with Gasteiger partial charge in [-0.1, -0.05) is 18.2 Å². The van der Waals surface area contributed by atoms with Crippen LogP contribution in [-0.2, 0) is 0 Å². The number of nitrogens with two attached hydrogens (primary N) is 1.